The maximum atomic E-state index is 12.9. The largest absolute Gasteiger partial charge is 0.489 e. The van der Waals surface area contributed by atoms with E-state index in [9.17, 15) is 9.59 Å². The Kier molecular flexibility index (Phi) is 7.49. The number of amides is 2. The van der Waals surface area contributed by atoms with Crippen LogP contribution in [0.4, 0.5) is 5.69 Å². The van der Waals surface area contributed by atoms with Gasteiger partial charge in [0.15, 0.2) is 0 Å². The average molecular weight is 483 g/mol. The lowest BCUT2D eigenvalue weighted by molar-refractivity contribution is 0.0962. The fraction of sp³-hybridized carbons (Fsp3) is 0.207. The Balaban J connectivity index is 1.41. The highest BCUT2D eigenvalue weighted by atomic mass is 16.5. The van der Waals surface area contributed by atoms with E-state index in [0.29, 0.717) is 30.0 Å². The van der Waals surface area contributed by atoms with Crippen molar-refractivity contribution in [3.05, 3.63) is 112 Å². The standard InChI is InChI=1S/C29H30N4O3/c1-19-7-5-10-26(15-19)36-18-22-11-13-24(14-12-22)29(35)31-27-20(2)32-33(21(27)3)17-23-8-6-9-25(16-23)28(34)30-4/h5-16H,17-18H2,1-4H3,(H,30,34)(H,31,35). The molecule has 1 heterocycles. The third-order valence-corrected chi connectivity index (χ3v) is 5.98. The first kappa shape index (κ1) is 24.7. The number of nitrogens with one attached hydrogen (secondary N) is 2. The van der Waals surface area contributed by atoms with Gasteiger partial charge in [0, 0.05) is 18.2 Å². The molecule has 0 spiro atoms. The number of ether oxygens (including phenoxy) is 1. The molecule has 0 aliphatic carbocycles. The second-order valence-corrected chi connectivity index (χ2v) is 8.74. The summed E-state index contributed by atoms with van der Waals surface area (Å²) in [4.78, 5) is 24.9. The van der Waals surface area contributed by atoms with Gasteiger partial charge in [0.25, 0.3) is 11.8 Å². The average Bonchev–Trinajstić information content (AvgIpc) is 3.14. The summed E-state index contributed by atoms with van der Waals surface area (Å²) in [7, 11) is 1.61. The van der Waals surface area contributed by atoms with Gasteiger partial charge in [-0.3, -0.25) is 14.3 Å². The van der Waals surface area contributed by atoms with Crippen LogP contribution in [0.15, 0.2) is 72.8 Å². The second kappa shape index (κ2) is 10.9. The Morgan fingerprint density at radius 1 is 0.861 bits per heavy atom. The minimum atomic E-state index is -0.200. The van der Waals surface area contributed by atoms with E-state index < -0.39 is 0 Å². The van der Waals surface area contributed by atoms with Crippen LogP contribution in [0.25, 0.3) is 0 Å². The second-order valence-electron chi connectivity index (χ2n) is 8.74. The highest BCUT2D eigenvalue weighted by molar-refractivity contribution is 6.04. The molecule has 1 aromatic heterocycles. The highest BCUT2D eigenvalue weighted by Crippen LogP contribution is 2.22. The molecule has 0 saturated carbocycles. The van der Waals surface area contributed by atoms with E-state index in [1.54, 1.807) is 25.2 Å². The van der Waals surface area contributed by atoms with Crippen LogP contribution in [0.2, 0.25) is 0 Å². The van der Waals surface area contributed by atoms with Crippen LogP contribution in [-0.2, 0) is 13.2 Å². The molecule has 184 valence electrons. The van der Waals surface area contributed by atoms with Crippen molar-refractivity contribution in [3.63, 3.8) is 0 Å². The van der Waals surface area contributed by atoms with E-state index in [2.05, 4.69) is 15.7 Å². The van der Waals surface area contributed by atoms with Crippen LogP contribution < -0.4 is 15.4 Å². The van der Waals surface area contributed by atoms with Gasteiger partial charge in [-0.15, -0.1) is 0 Å². The molecule has 2 N–H and O–H groups in total. The summed E-state index contributed by atoms with van der Waals surface area (Å²) in [5, 5.41) is 10.2. The molecular formula is C29H30N4O3. The normalized spacial score (nSPS) is 10.7. The molecule has 0 atom stereocenters. The molecular weight excluding hydrogens is 452 g/mol. The summed E-state index contributed by atoms with van der Waals surface area (Å²) in [6, 6.07) is 22.7. The first-order valence-corrected chi connectivity index (χ1v) is 11.8. The van der Waals surface area contributed by atoms with Crippen molar-refractivity contribution in [3.8, 4) is 5.75 Å². The molecule has 0 unspecified atom stereocenters. The predicted molar refractivity (Wildman–Crippen MR) is 141 cm³/mol. The van der Waals surface area contributed by atoms with Crippen molar-refractivity contribution >= 4 is 17.5 Å². The van der Waals surface area contributed by atoms with E-state index in [1.165, 1.54) is 0 Å². The molecule has 36 heavy (non-hydrogen) atoms. The minimum absolute atomic E-state index is 0.133. The van der Waals surface area contributed by atoms with Gasteiger partial charge in [0.1, 0.15) is 12.4 Å². The van der Waals surface area contributed by atoms with Crippen molar-refractivity contribution < 1.29 is 14.3 Å². The molecule has 7 nitrogen and oxygen atoms in total. The lowest BCUT2D eigenvalue weighted by Crippen LogP contribution is -2.18. The van der Waals surface area contributed by atoms with Crippen LogP contribution in [0.5, 0.6) is 5.75 Å². The van der Waals surface area contributed by atoms with Gasteiger partial charge in [-0.05, 0) is 73.9 Å². The Bertz CT molecular complexity index is 1390. The van der Waals surface area contributed by atoms with Crippen LogP contribution in [-0.4, -0.2) is 28.6 Å². The summed E-state index contributed by atoms with van der Waals surface area (Å²) in [6.45, 7) is 6.73. The van der Waals surface area contributed by atoms with Gasteiger partial charge in [0.2, 0.25) is 0 Å². The van der Waals surface area contributed by atoms with Gasteiger partial charge >= 0.3 is 0 Å². The monoisotopic (exact) mass is 482 g/mol. The van der Waals surface area contributed by atoms with E-state index in [1.807, 2.05) is 80.1 Å². The van der Waals surface area contributed by atoms with Gasteiger partial charge in [-0.1, -0.05) is 36.4 Å². The zero-order chi connectivity index (χ0) is 25.7. The number of nitrogens with zero attached hydrogens (tertiary/aromatic N) is 2. The minimum Gasteiger partial charge on any atom is -0.489 e. The van der Waals surface area contributed by atoms with Gasteiger partial charge < -0.3 is 15.4 Å². The molecule has 0 aliphatic rings. The number of aromatic nitrogens is 2. The maximum Gasteiger partial charge on any atom is 0.255 e. The molecule has 0 fully saturated rings. The van der Waals surface area contributed by atoms with Crippen molar-refractivity contribution in [2.75, 3.05) is 12.4 Å². The molecule has 2 amide bonds. The SMILES string of the molecule is CNC(=O)c1cccc(Cn2nc(C)c(NC(=O)c3ccc(COc4cccc(C)c4)cc3)c2C)c1. The van der Waals surface area contributed by atoms with Gasteiger partial charge in [0.05, 0.1) is 23.6 Å². The van der Waals surface area contributed by atoms with E-state index in [0.717, 1.165) is 33.8 Å². The fourth-order valence-corrected chi connectivity index (χ4v) is 3.97. The Labute approximate surface area is 211 Å². The zero-order valence-corrected chi connectivity index (χ0v) is 21.0. The Hall–Kier alpha value is -4.39. The maximum absolute atomic E-state index is 12.9. The van der Waals surface area contributed by atoms with Crippen molar-refractivity contribution in [2.45, 2.75) is 33.9 Å². The lowest BCUT2D eigenvalue weighted by Gasteiger charge is -2.09. The molecule has 0 radical (unpaired) electrons. The topological polar surface area (TPSA) is 85.3 Å². The smallest absolute Gasteiger partial charge is 0.255 e. The first-order valence-electron chi connectivity index (χ1n) is 11.8. The summed E-state index contributed by atoms with van der Waals surface area (Å²) in [5.74, 6) is 0.486. The van der Waals surface area contributed by atoms with Crippen LogP contribution in [0.1, 0.15) is 48.8 Å². The first-order chi connectivity index (χ1) is 17.3. The van der Waals surface area contributed by atoms with Crippen molar-refractivity contribution in [2.24, 2.45) is 0 Å². The molecule has 3 aromatic carbocycles. The van der Waals surface area contributed by atoms with Crippen LogP contribution in [0, 0.1) is 20.8 Å². The molecule has 0 bridgehead atoms. The number of carbonyl (C=O) groups excluding carboxylic acids is 2. The number of rotatable bonds is 8. The Morgan fingerprint density at radius 3 is 2.33 bits per heavy atom. The molecule has 0 aliphatic heterocycles. The third-order valence-electron chi connectivity index (χ3n) is 5.98. The fourth-order valence-electron chi connectivity index (χ4n) is 3.97. The van der Waals surface area contributed by atoms with Gasteiger partial charge in [-0.2, -0.15) is 5.10 Å². The molecule has 0 saturated heterocycles. The van der Waals surface area contributed by atoms with Gasteiger partial charge in [-0.25, -0.2) is 0 Å². The van der Waals surface area contributed by atoms with Crippen molar-refractivity contribution in [1.29, 1.82) is 0 Å². The number of hydrogen-bond donors (Lipinski definition) is 2. The summed E-state index contributed by atoms with van der Waals surface area (Å²) in [6.07, 6.45) is 0. The number of aryl methyl sites for hydroxylation is 2. The zero-order valence-electron chi connectivity index (χ0n) is 21.0. The number of benzene rings is 3. The quantitative estimate of drug-likeness (QED) is 0.368. The Morgan fingerprint density at radius 2 is 1.61 bits per heavy atom. The summed E-state index contributed by atoms with van der Waals surface area (Å²) in [5.41, 5.74) is 6.48. The molecule has 4 rings (SSSR count). The lowest BCUT2D eigenvalue weighted by atomic mass is 10.1. The van der Waals surface area contributed by atoms with Crippen molar-refractivity contribution in [1.82, 2.24) is 15.1 Å². The van der Waals surface area contributed by atoms with Crippen LogP contribution in [0.3, 0.4) is 0 Å². The van der Waals surface area contributed by atoms with Crippen LogP contribution >= 0.6 is 0 Å². The van der Waals surface area contributed by atoms with E-state index in [-0.39, 0.29) is 11.8 Å². The highest BCUT2D eigenvalue weighted by Gasteiger charge is 2.16. The molecule has 4 aromatic rings. The number of carbonyl (C=O) groups is 2. The number of hydrogen-bond acceptors (Lipinski definition) is 4. The van der Waals surface area contributed by atoms with E-state index >= 15 is 0 Å². The third kappa shape index (κ3) is 5.81. The van der Waals surface area contributed by atoms with E-state index in [4.69, 9.17) is 4.74 Å². The summed E-state index contributed by atoms with van der Waals surface area (Å²) < 4.78 is 7.68. The molecule has 7 heteroatoms. The summed E-state index contributed by atoms with van der Waals surface area (Å²) >= 11 is 0. The predicted octanol–water partition coefficient (Wildman–Crippen LogP) is 5.05. The number of anilines is 1.